The number of halogens is 2. The third-order valence-electron chi connectivity index (χ3n) is 3.50. The minimum atomic E-state index is -0.416. The van der Waals surface area contributed by atoms with Gasteiger partial charge >= 0.3 is 0 Å². The van der Waals surface area contributed by atoms with Crippen LogP contribution in [0.25, 0.3) is 0 Å². The predicted molar refractivity (Wildman–Crippen MR) is 86.1 cm³/mol. The van der Waals surface area contributed by atoms with Crippen molar-refractivity contribution in [2.45, 2.75) is 12.8 Å². The van der Waals surface area contributed by atoms with Gasteiger partial charge in [-0.15, -0.1) is 5.10 Å². The number of nitrogens with zero attached hydrogens (tertiary/aromatic N) is 2. The summed E-state index contributed by atoms with van der Waals surface area (Å²) in [5.41, 5.74) is 8.50. The lowest BCUT2D eigenvalue weighted by Gasteiger charge is -2.24. The molecule has 2 aromatic rings. The number of nitrogens with one attached hydrogen (secondary N) is 1. The monoisotopic (exact) mass is 424 g/mol. The number of aryl methyl sites for hydroxylation is 1. The molecule has 1 aliphatic heterocycles. The zero-order chi connectivity index (χ0) is 16.0. The van der Waals surface area contributed by atoms with Crippen molar-refractivity contribution in [1.82, 2.24) is 10.2 Å². The fourth-order valence-electron chi connectivity index (χ4n) is 2.48. The van der Waals surface area contributed by atoms with E-state index in [0.717, 1.165) is 16.8 Å². The molecule has 4 N–H and O–H groups in total. The Labute approximate surface area is 142 Å². The maximum Gasteiger partial charge on any atom is 0.244 e. The standard InChI is InChI=1S/C14H10Br2N4O2/c1-5-10-11(6-2-8(15)12(21)9(16)3-6)7(4-17)13(18)22-14(10)20-19-5/h2-3,11,21H,18H2,1H3,(H,19,20). The number of aromatic amines is 1. The molecule has 1 aliphatic rings. The topological polar surface area (TPSA) is 108 Å². The van der Waals surface area contributed by atoms with Crippen molar-refractivity contribution < 1.29 is 9.84 Å². The number of aromatic nitrogens is 2. The van der Waals surface area contributed by atoms with Gasteiger partial charge in [0.15, 0.2) is 0 Å². The molecule has 8 heteroatoms. The van der Waals surface area contributed by atoms with E-state index in [0.29, 0.717) is 20.4 Å². The van der Waals surface area contributed by atoms with Gasteiger partial charge in [0.1, 0.15) is 17.4 Å². The Balaban J connectivity index is 2.28. The molecule has 1 aromatic carbocycles. The van der Waals surface area contributed by atoms with Crippen LogP contribution in [0, 0.1) is 18.3 Å². The minimum absolute atomic E-state index is 0.0341. The summed E-state index contributed by atoms with van der Waals surface area (Å²) in [4.78, 5) is 0. The van der Waals surface area contributed by atoms with Crippen LogP contribution >= 0.6 is 31.9 Å². The number of phenolic OH excluding ortho intramolecular Hbond substituents is 1. The lowest BCUT2D eigenvalue weighted by molar-refractivity contribution is 0.378. The Morgan fingerprint density at radius 3 is 2.64 bits per heavy atom. The minimum Gasteiger partial charge on any atom is -0.506 e. The highest BCUT2D eigenvalue weighted by molar-refractivity contribution is 9.11. The molecule has 3 rings (SSSR count). The van der Waals surface area contributed by atoms with Crippen molar-refractivity contribution >= 4 is 31.9 Å². The van der Waals surface area contributed by atoms with Crippen LogP contribution in [0.1, 0.15) is 22.7 Å². The Bertz CT molecular complexity index is 828. The van der Waals surface area contributed by atoms with Crippen LogP contribution in [0.3, 0.4) is 0 Å². The van der Waals surface area contributed by atoms with E-state index in [9.17, 15) is 10.4 Å². The van der Waals surface area contributed by atoms with Gasteiger partial charge in [-0.3, -0.25) is 5.10 Å². The van der Waals surface area contributed by atoms with Gasteiger partial charge in [-0.1, -0.05) is 0 Å². The van der Waals surface area contributed by atoms with Gasteiger partial charge in [0.2, 0.25) is 11.8 Å². The van der Waals surface area contributed by atoms with Crippen LogP contribution in [0.2, 0.25) is 0 Å². The van der Waals surface area contributed by atoms with Gasteiger partial charge in [0, 0.05) is 11.3 Å². The number of rotatable bonds is 1. The second kappa shape index (κ2) is 5.34. The second-order valence-electron chi connectivity index (χ2n) is 4.83. The SMILES string of the molecule is Cc1[nH]nc2c1C(c1cc(Br)c(O)c(Br)c1)C(C#N)=C(N)O2. The number of hydrogen-bond acceptors (Lipinski definition) is 5. The quantitative estimate of drug-likeness (QED) is 0.650. The van der Waals surface area contributed by atoms with Crippen LogP contribution in [0.15, 0.2) is 32.5 Å². The molecule has 2 heterocycles. The zero-order valence-electron chi connectivity index (χ0n) is 11.3. The molecule has 0 saturated heterocycles. The normalized spacial score (nSPS) is 16.9. The first-order valence-corrected chi connectivity index (χ1v) is 7.83. The van der Waals surface area contributed by atoms with Crippen molar-refractivity contribution in [1.29, 1.82) is 5.26 Å². The Kier molecular flexibility index (Phi) is 3.62. The lowest BCUT2D eigenvalue weighted by Crippen LogP contribution is -2.21. The van der Waals surface area contributed by atoms with E-state index >= 15 is 0 Å². The molecule has 0 fully saturated rings. The van der Waals surface area contributed by atoms with Crippen molar-refractivity contribution in [3.05, 3.63) is 49.4 Å². The van der Waals surface area contributed by atoms with E-state index in [1.807, 2.05) is 6.92 Å². The number of nitrogens with two attached hydrogens (primary N) is 1. The lowest BCUT2D eigenvalue weighted by atomic mass is 9.84. The summed E-state index contributed by atoms with van der Waals surface area (Å²) in [6.45, 7) is 1.85. The van der Waals surface area contributed by atoms with Gasteiger partial charge in [0.25, 0.3) is 0 Å². The number of benzene rings is 1. The van der Waals surface area contributed by atoms with Crippen LogP contribution < -0.4 is 10.5 Å². The number of H-pyrrole nitrogens is 1. The van der Waals surface area contributed by atoms with Crippen molar-refractivity contribution in [3.63, 3.8) is 0 Å². The highest BCUT2D eigenvalue weighted by Crippen LogP contribution is 2.45. The summed E-state index contributed by atoms with van der Waals surface area (Å²) in [5, 5.41) is 26.3. The van der Waals surface area contributed by atoms with E-state index in [2.05, 4.69) is 48.1 Å². The molecule has 0 spiro atoms. The molecule has 112 valence electrons. The van der Waals surface area contributed by atoms with Gasteiger partial charge in [0.05, 0.1) is 14.9 Å². The van der Waals surface area contributed by atoms with E-state index < -0.39 is 5.92 Å². The Morgan fingerprint density at radius 2 is 2.05 bits per heavy atom. The maximum absolute atomic E-state index is 9.88. The molecule has 0 aliphatic carbocycles. The molecule has 6 nitrogen and oxygen atoms in total. The van der Waals surface area contributed by atoms with E-state index in [1.165, 1.54) is 0 Å². The third-order valence-corrected chi connectivity index (χ3v) is 4.71. The van der Waals surface area contributed by atoms with Gasteiger partial charge < -0.3 is 15.6 Å². The van der Waals surface area contributed by atoms with Crippen LogP contribution in [-0.4, -0.2) is 15.3 Å². The summed E-state index contributed by atoms with van der Waals surface area (Å²) in [6.07, 6.45) is 0. The van der Waals surface area contributed by atoms with Crippen LogP contribution in [0.4, 0.5) is 0 Å². The molecule has 1 aromatic heterocycles. The van der Waals surface area contributed by atoms with Gasteiger partial charge in [-0.05, 0) is 56.5 Å². The van der Waals surface area contributed by atoms with Gasteiger partial charge in [-0.2, -0.15) is 5.26 Å². The zero-order valence-corrected chi connectivity index (χ0v) is 14.5. The number of fused-ring (bicyclic) bond motifs is 1. The fourth-order valence-corrected chi connectivity index (χ4v) is 3.71. The summed E-state index contributed by atoms with van der Waals surface area (Å²) in [6, 6.07) is 5.60. The highest BCUT2D eigenvalue weighted by atomic mass is 79.9. The fraction of sp³-hybridized carbons (Fsp3) is 0.143. The number of nitriles is 1. The first-order valence-electron chi connectivity index (χ1n) is 6.24. The van der Waals surface area contributed by atoms with Crippen LogP contribution in [-0.2, 0) is 0 Å². The largest absolute Gasteiger partial charge is 0.506 e. The molecule has 0 bridgehead atoms. The average Bonchev–Trinajstić information content (AvgIpc) is 2.83. The Hall–Kier alpha value is -1.98. The van der Waals surface area contributed by atoms with E-state index in [1.54, 1.807) is 12.1 Å². The van der Waals surface area contributed by atoms with E-state index in [-0.39, 0.29) is 11.6 Å². The summed E-state index contributed by atoms with van der Waals surface area (Å²) in [7, 11) is 0. The third kappa shape index (κ3) is 2.17. The van der Waals surface area contributed by atoms with Gasteiger partial charge in [-0.25, -0.2) is 0 Å². The van der Waals surface area contributed by atoms with Crippen LogP contribution in [0.5, 0.6) is 11.6 Å². The molecule has 1 atom stereocenters. The molecule has 0 saturated carbocycles. The number of allylic oxidation sites excluding steroid dienone is 1. The molecular weight excluding hydrogens is 416 g/mol. The first kappa shape index (κ1) is 14.9. The second-order valence-corrected chi connectivity index (χ2v) is 6.53. The smallest absolute Gasteiger partial charge is 0.244 e. The molecule has 22 heavy (non-hydrogen) atoms. The number of hydrogen-bond donors (Lipinski definition) is 3. The van der Waals surface area contributed by atoms with Crippen molar-refractivity contribution in [2.75, 3.05) is 0 Å². The number of aromatic hydroxyl groups is 1. The molecule has 1 unspecified atom stereocenters. The summed E-state index contributed by atoms with van der Waals surface area (Å²) < 4.78 is 6.44. The molecular formula is C14H10Br2N4O2. The molecule has 0 radical (unpaired) electrons. The Morgan fingerprint density at radius 1 is 1.41 bits per heavy atom. The highest BCUT2D eigenvalue weighted by Gasteiger charge is 2.34. The summed E-state index contributed by atoms with van der Waals surface area (Å²) in [5.74, 6) is 0.0715. The molecule has 0 amide bonds. The maximum atomic E-state index is 9.88. The average molecular weight is 426 g/mol. The van der Waals surface area contributed by atoms with E-state index in [4.69, 9.17) is 10.5 Å². The number of ether oxygens (including phenoxy) is 1. The predicted octanol–water partition coefficient (Wildman–Crippen LogP) is 3.17. The van der Waals surface area contributed by atoms with Crippen molar-refractivity contribution in [2.24, 2.45) is 5.73 Å². The first-order chi connectivity index (χ1) is 10.4. The number of phenols is 1. The van der Waals surface area contributed by atoms with Crippen molar-refractivity contribution in [3.8, 4) is 17.7 Å². The summed E-state index contributed by atoms with van der Waals surface area (Å²) >= 11 is 6.61.